The quantitative estimate of drug-likeness (QED) is 0.0986. The predicted molar refractivity (Wildman–Crippen MR) is 183 cm³/mol. The van der Waals surface area contributed by atoms with E-state index in [1.165, 1.54) is 12.1 Å². The van der Waals surface area contributed by atoms with Gasteiger partial charge in [-0.2, -0.15) is 0 Å². The summed E-state index contributed by atoms with van der Waals surface area (Å²) in [7, 11) is 0. The molecule has 0 spiro atoms. The largest absolute Gasteiger partial charge is 0.508 e. The van der Waals surface area contributed by atoms with Crippen LogP contribution >= 0.6 is 0 Å². The Balaban J connectivity index is 1.05. The van der Waals surface area contributed by atoms with Crippen molar-refractivity contribution in [3.63, 3.8) is 0 Å². The van der Waals surface area contributed by atoms with E-state index in [1.54, 1.807) is 60.7 Å². The number of nitrogens with one attached hydrogen (secondary N) is 3. The van der Waals surface area contributed by atoms with Crippen LogP contribution in [-0.2, 0) is 17.8 Å². The van der Waals surface area contributed by atoms with Gasteiger partial charge in [0.05, 0.1) is 5.56 Å². The number of phenolic OH excluding ortho intramolecular Hbond substituents is 2. The first kappa shape index (κ1) is 32.1. The molecule has 1 fully saturated rings. The summed E-state index contributed by atoms with van der Waals surface area (Å²) in [6.07, 6.45) is 0.973. The van der Waals surface area contributed by atoms with Crippen LogP contribution in [0.2, 0.25) is 0 Å². The van der Waals surface area contributed by atoms with Gasteiger partial charge in [0.1, 0.15) is 23.3 Å². The minimum atomic E-state index is -0.892. The van der Waals surface area contributed by atoms with Crippen molar-refractivity contribution in [1.82, 2.24) is 15.5 Å². The molecule has 0 saturated carbocycles. The summed E-state index contributed by atoms with van der Waals surface area (Å²) in [5, 5.41) is 29.9. The van der Waals surface area contributed by atoms with Gasteiger partial charge >= 0.3 is 12.0 Å². The second-order valence-corrected chi connectivity index (χ2v) is 11.9. The molecule has 1 aliphatic rings. The lowest BCUT2D eigenvalue weighted by Crippen LogP contribution is -2.52. The van der Waals surface area contributed by atoms with E-state index >= 15 is 0 Å². The number of urea groups is 1. The van der Waals surface area contributed by atoms with Crippen LogP contribution in [-0.4, -0.2) is 58.2 Å². The predicted octanol–water partition coefficient (Wildman–Crippen LogP) is 5.59. The molecular formula is C38H36N4O6. The van der Waals surface area contributed by atoms with Gasteiger partial charge in [-0.1, -0.05) is 54.6 Å². The van der Waals surface area contributed by atoms with Gasteiger partial charge in [-0.25, -0.2) is 9.59 Å². The van der Waals surface area contributed by atoms with Gasteiger partial charge in [-0.15, -0.1) is 0 Å². The van der Waals surface area contributed by atoms with Crippen molar-refractivity contribution in [2.75, 3.05) is 18.4 Å². The number of aromatic hydroxyl groups is 2. The summed E-state index contributed by atoms with van der Waals surface area (Å²) in [4.78, 5) is 41.6. The number of carbonyl (C=O) groups excluding carboxylic acids is 3. The number of hydrogen-bond donors (Lipinski definition) is 5. The number of ether oxygens (including phenoxy) is 1. The highest BCUT2D eigenvalue weighted by Crippen LogP contribution is 2.22. The monoisotopic (exact) mass is 644 g/mol. The molecule has 10 heteroatoms. The number of rotatable bonds is 10. The van der Waals surface area contributed by atoms with Gasteiger partial charge in [0.25, 0.3) is 0 Å². The molecule has 0 aliphatic carbocycles. The topological polar surface area (TPSA) is 140 Å². The lowest BCUT2D eigenvalue weighted by Gasteiger charge is -2.22. The van der Waals surface area contributed by atoms with Crippen molar-refractivity contribution in [1.29, 1.82) is 0 Å². The third-order valence-electron chi connectivity index (χ3n) is 8.27. The Morgan fingerprint density at radius 1 is 0.792 bits per heavy atom. The SMILES string of the molecule is O=C(Nc1ccc(C(=O)Oc2ccc3ccccc3c2)cc1)N[C@@H](Cc1ccc(O)cc1)C(=O)NC1CCN(Cc2ccc(O)cc2)C1. The molecule has 5 N–H and O–H groups in total. The van der Waals surface area contributed by atoms with Crippen LogP contribution in [0.3, 0.4) is 0 Å². The first-order valence-corrected chi connectivity index (χ1v) is 15.7. The number of fused-ring (bicyclic) bond motifs is 1. The number of likely N-dealkylation sites (tertiary alicyclic amines) is 1. The normalized spacial score (nSPS) is 15.0. The maximum absolute atomic E-state index is 13.5. The Hall–Kier alpha value is -5.87. The van der Waals surface area contributed by atoms with E-state index in [1.807, 2.05) is 42.5 Å². The Bertz CT molecular complexity index is 1890. The fourth-order valence-electron chi connectivity index (χ4n) is 5.74. The van der Waals surface area contributed by atoms with Crippen LogP contribution in [0, 0.1) is 0 Å². The van der Waals surface area contributed by atoms with E-state index in [4.69, 9.17) is 4.74 Å². The summed E-state index contributed by atoms with van der Waals surface area (Å²) in [5.74, 6) is -0.0892. The molecule has 3 amide bonds. The third kappa shape index (κ3) is 8.48. The number of anilines is 1. The Kier molecular flexibility index (Phi) is 9.83. The summed E-state index contributed by atoms with van der Waals surface area (Å²) in [6.45, 7) is 2.15. The van der Waals surface area contributed by atoms with Crippen LogP contribution in [0.1, 0.15) is 27.9 Å². The molecule has 5 aromatic carbocycles. The number of amides is 3. The van der Waals surface area contributed by atoms with Crippen molar-refractivity contribution in [2.24, 2.45) is 0 Å². The highest BCUT2D eigenvalue weighted by Gasteiger charge is 2.28. The van der Waals surface area contributed by atoms with E-state index in [0.717, 1.165) is 34.9 Å². The molecule has 0 radical (unpaired) electrons. The average Bonchev–Trinajstić information content (AvgIpc) is 3.53. The molecule has 1 unspecified atom stereocenters. The summed E-state index contributed by atoms with van der Waals surface area (Å²) in [6, 6.07) is 31.5. The van der Waals surface area contributed by atoms with Gasteiger partial charge in [-0.05, 0) is 89.0 Å². The molecule has 5 aromatic rings. The summed E-state index contributed by atoms with van der Waals surface area (Å²) < 4.78 is 5.56. The lowest BCUT2D eigenvalue weighted by molar-refractivity contribution is -0.123. The standard InChI is InChI=1S/C38H36N4O6/c43-32-14-5-25(6-15-32)21-35(36(45)39-31-19-20-42(24-31)23-26-7-16-33(44)17-8-26)41-38(47)40-30-12-9-28(10-13-30)37(46)48-34-18-11-27-3-1-2-4-29(27)22-34/h1-18,22,31,35,43-44H,19-21,23-24H2,(H,39,45)(H2,40,41,47)/t31?,35-/m0/s1. The zero-order valence-electron chi connectivity index (χ0n) is 26.1. The molecule has 2 atom stereocenters. The second-order valence-electron chi connectivity index (χ2n) is 11.9. The minimum absolute atomic E-state index is 0.0938. The number of phenols is 2. The summed E-state index contributed by atoms with van der Waals surface area (Å²) >= 11 is 0. The number of hydrogen-bond acceptors (Lipinski definition) is 7. The zero-order valence-corrected chi connectivity index (χ0v) is 26.1. The number of esters is 1. The van der Waals surface area contributed by atoms with Crippen LogP contribution < -0.4 is 20.7 Å². The maximum atomic E-state index is 13.5. The molecule has 0 bridgehead atoms. The highest BCUT2D eigenvalue weighted by molar-refractivity contribution is 5.95. The Morgan fingerprint density at radius 2 is 1.46 bits per heavy atom. The van der Waals surface area contributed by atoms with E-state index in [2.05, 4.69) is 20.9 Å². The van der Waals surface area contributed by atoms with E-state index in [0.29, 0.717) is 30.1 Å². The first-order chi connectivity index (χ1) is 23.3. The highest BCUT2D eigenvalue weighted by atomic mass is 16.5. The molecule has 48 heavy (non-hydrogen) atoms. The fourth-order valence-corrected chi connectivity index (χ4v) is 5.74. The molecule has 6 rings (SSSR count). The smallest absolute Gasteiger partial charge is 0.343 e. The molecule has 1 heterocycles. The third-order valence-corrected chi connectivity index (χ3v) is 8.27. The number of carbonyl (C=O) groups is 3. The first-order valence-electron chi connectivity index (χ1n) is 15.7. The van der Waals surface area contributed by atoms with Crippen molar-refractivity contribution in [3.8, 4) is 17.2 Å². The lowest BCUT2D eigenvalue weighted by atomic mass is 10.0. The second kappa shape index (κ2) is 14.7. The molecule has 244 valence electrons. The van der Waals surface area contributed by atoms with E-state index in [-0.39, 0.29) is 29.9 Å². The van der Waals surface area contributed by atoms with Gasteiger partial charge in [0.2, 0.25) is 5.91 Å². The van der Waals surface area contributed by atoms with Crippen molar-refractivity contribution < 1.29 is 29.3 Å². The minimum Gasteiger partial charge on any atom is -0.508 e. The molecular weight excluding hydrogens is 608 g/mol. The van der Waals surface area contributed by atoms with Gasteiger partial charge in [0.15, 0.2) is 0 Å². The van der Waals surface area contributed by atoms with Crippen molar-refractivity contribution in [3.05, 3.63) is 132 Å². The molecule has 1 saturated heterocycles. The van der Waals surface area contributed by atoms with Crippen LogP contribution in [0.4, 0.5) is 10.5 Å². The fraction of sp³-hybridized carbons (Fsp3) is 0.184. The molecule has 1 aliphatic heterocycles. The van der Waals surface area contributed by atoms with E-state index < -0.39 is 18.0 Å². The average molecular weight is 645 g/mol. The van der Waals surface area contributed by atoms with Crippen molar-refractivity contribution >= 4 is 34.4 Å². The van der Waals surface area contributed by atoms with Crippen LogP contribution in [0.15, 0.2) is 115 Å². The van der Waals surface area contributed by atoms with Crippen LogP contribution in [0.25, 0.3) is 10.8 Å². The maximum Gasteiger partial charge on any atom is 0.343 e. The number of nitrogens with zero attached hydrogens (tertiary/aromatic N) is 1. The van der Waals surface area contributed by atoms with Crippen LogP contribution in [0.5, 0.6) is 17.2 Å². The zero-order chi connectivity index (χ0) is 33.5. The number of benzene rings is 5. The Morgan fingerprint density at radius 3 is 2.17 bits per heavy atom. The van der Waals surface area contributed by atoms with Gasteiger partial charge in [-0.3, -0.25) is 9.69 Å². The van der Waals surface area contributed by atoms with E-state index in [9.17, 15) is 24.6 Å². The Labute approximate surface area is 278 Å². The molecule has 10 nitrogen and oxygen atoms in total. The summed E-state index contributed by atoms with van der Waals surface area (Å²) in [5.41, 5.74) is 2.58. The van der Waals surface area contributed by atoms with Crippen molar-refractivity contribution in [2.45, 2.75) is 31.5 Å². The van der Waals surface area contributed by atoms with Gasteiger partial charge < -0.3 is 30.9 Å². The molecule has 0 aromatic heterocycles. The van der Waals surface area contributed by atoms with Gasteiger partial charge in [0, 0.05) is 37.8 Å².